The summed E-state index contributed by atoms with van der Waals surface area (Å²) >= 11 is 9.59. The lowest BCUT2D eigenvalue weighted by molar-refractivity contribution is -0.146. The fourth-order valence-corrected chi connectivity index (χ4v) is 2.59. The van der Waals surface area contributed by atoms with Crippen LogP contribution in [-0.2, 0) is 9.53 Å². The Bertz CT molecular complexity index is 724. The van der Waals surface area contributed by atoms with Gasteiger partial charge in [-0.3, -0.25) is 4.79 Å². The van der Waals surface area contributed by atoms with Crippen molar-refractivity contribution in [1.29, 1.82) is 0 Å². The van der Waals surface area contributed by atoms with Crippen molar-refractivity contribution in [3.63, 3.8) is 0 Å². The first-order chi connectivity index (χ1) is 9.76. The maximum atomic E-state index is 12.3. The average Bonchev–Trinajstić information content (AvgIpc) is 2.74. The fraction of sp³-hybridized carbons (Fsp3) is 0.286. The molecule has 0 fully saturated rings. The highest BCUT2D eigenvalue weighted by Crippen LogP contribution is 2.30. The Morgan fingerprint density at radius 3 is 2.67 bits per heavy atom. The van der Waals surface area contributed by atoms with Gasteiger partial charge in [0.1, 0.15) is 11.2 Å². The van der Waals surface area contributed by atoms with Crippen LogP contribution in [0.5, 0.6) is 0 Å². The molecule has 0 aliphatic rings. The van der Waals surface area contributed by atoms with E-state index in [0.29, 0.717) is 5.02 Å². The van der Waals surface area contributed by atoms with Crippen molar-refractivity contribution in [1.82, 2.24) is 10.3 Å². The molecule has 0 saturated carbocycles. The summed E-state index contributed by atoms with van der Waals surface area (Å²) in [5.41, 5.74) is -0.196. The zero-order chi connectivity index (χ0) is 15.8. The maximum Gasteiger partial charge on any atom is 0.330 e. The van der Waals surface area contributed by atoms with Crippen LogP contribution in [0, 0.1) is 0 Å². The molecule has 5 nitrogen and oxygen atoms in total. The number of ether oxygens (including phenoxy) is 1. The monoisotopic (exact) mass is 372 g/mol. The molecular formula is C14H14BrClN2O3. The Balaban J connectivity index is 2.36. The van der Waals surface area contributed by atoms with E-state index in [-0.39, 0.29) is 5.69 Å². The molecule has 112 valence electrons. The molecule has 21 heavy (non-hydrogen) atoms. The largest absolute Gasteiger partial charge is 0.467 e. The molecule has 2 rings (SSSR count). The smallest absolute Gasteiger partial charge is 0.330 e. The van der Waals surface area contributed by atoms with Gasteiger partial charge in [-0.05, 0) is 32.0 Å². The summed E-state index contributed by atoms with van der Waals surface area (Å²) in [6, 6.07) is 5.47. The summed E-state index contributed by atoms with van der Waals surface area (Å²) < 4.78 is 5.51. The molecule has 1 heterocycles. The first-order valence-electron chi connectivity index (χ1n) is 6.14. The second-order valence-electron chi connectivity index (χ2n) is 5.07. The number of amides is 1. The van der Waals surface area contributed by atoms with Crippen molar-refractivity contribution >= 4 is 50.3 Å². The van der Waals surface area contributed by atoms with Gasteiger partial charge in [-0.15, -0.1) is 0 Å². The molecular weight excluding hydrogens is 360 g/mol. The summed E-state index contributed by atoms with van der Waals surface area (Å²) in [5.74, 6) is -1.01. The molecule has 1 amide bonds. The molecule has 0 unspecified atom stereocenters. The van der Waals surface area contributed by atoms with Crippen molar-refractivity contribution in [3.05, 3.63) is 33.4 Å². The number of hydrogen-bond donors (Lipinski definition) is 2. The van der Waals surface area contributed by atoms with Crippen LogP contribution in [0.4, 0.5) is 0 Å². The van der Waals surface area contributed by atoms with Gasteiger partial charge in [0.2, 0.25) is 0 Å². The minimum absolute atomic E-state index is 0.210. The van der Waals surface area contributed by atoms with Crippen molar-refractivity contribution in [2.24, 2.45) is 0 Å². The Morgan fingerprint density at radius 1 is 1.38 bits per heavy atom. The lowest BCUT2D eigenvalue weighted by Crippen LogP contribution is -2.50. The molecule has 0 bridgehead atoms. The van der Waals surface area contributed by atoms with E-state index in [1.165, 1.54) is 7.11 Å². The molecule has 0 aliphatic heterocycles. The van der Waals surface area contributed by atoms with E-state index in [9.17, 15) is 9.59 Å². The van der Waals surface area contributed by atoms with E-state index in [1.54, 1.807) is 13.8 Å². The average molecular weight is 374 g/mol. The number of methoxy groups -OCH3 is 1. The lowest BCUT2D eigenvalue weighted by Gasteiger charge is -2.22. The topological polar surface area (TPSA) is 71.2 Å². The van der Waals surface area contributed by atoms with Gasteiger partial charge in [0, 0.05) is 15.4 Å². The van der Waals surface area contributed by atoms with E-state index in [0.717, 1.165) is 15.4 Å². The van der Waals surface area contributed by atoms with E-state index in [2.05, 4.69) is 31.0 Å². The Morgan fingerprint density at radius 2 is 2.05 bits per heavy atom. The van der Waals surface area contributed by atoms with Crippen LogP contribution >= 0.6 is 27.5 Å². The molecule has 2 aromatic rings. The van der Waals surface area contributed by atoms with Crippen molar-refractivity contribution in [3.8, 4) is 0 Å². The van der Waals surface area contributed by atoms with Gasteiger partial charge in [0.15, 0.2) is 0 Å². The molecule has 1 aromatic heterocycles. The summed E-state index contributed by atoms with van der Waals surface area (Å²) in [7, 11) is 1.27. The molecule has 0 radical (unpaired) electrons. The van der Waals surface area contributed by atoms with Gasteiger partial charge in [0.05, 0.1) is 12.1 Å². The number of H-pyrrole nitrogens is 1. The number of esters is 1. The van der Waals surface area contributed by atoms with E-state index in [1.807, 2.05) is 18.2 Å². The number of hydrogen-bond acceptors (Lipinski definition) is 3. The van der Waals surface area contributed by atoms with Gasteiger partial charge in [0.25, 0.3) is 5.91 Å². The van der Waals surface area contributed by atoms with Crippen LogP contribution in [0.15, 0.2) is 22.7 Å². The Hall–Kier alpha value is -1.53. The van der Waals surface area contributed by atoms with Gasteiger partial charge in [-0.25, -0.2) is 4.79 Å². The zero-order valence-electron chi connectivity index (χ0n) is 11.7. The van der Waals surface area contributed by atoms with Crippen LogP contribution in [0.25, 0.3) is 10.9 Å². The fourth-order valence-electron chi connectivity index (χ4n) is 1.94. The standard InChI is InChI=1S/C14H14BrClN2O3/c1-14(2,13(20)21-3)18-12(19)11-10(16)8-6-7(15)4-5-9(8)17-11/h4-6,17H,1-3H3,(H,18,19). The van der Waals surface area contributed by atoms with Crippen molar-refractivity contribution in [2.45, 2.75) is 19.4 Å². The number of halogens is 2. The molecule has 0 atom stereocenters. The van der Waals surface area contributed by atoms with Gasteiger partial charge >= 0.3 is 5.97 Å². The third-order valence-corrected chi connectivity index (χ3v) is 3.93. The number of nitrogens with one attached hydrogen (secondary N) is 2. The van der Waals surface area contributed by atoms with Gasteiger partial charge in [-0.1, -0.05) is 27.5 Å². The van der Waals surface area contributed by atoms with E-state index < -0.39 is 17.4 Å². The molecule has 0 saturated heterocycles. The van der Waals surface area contributed by atoms with Gasteiger partial charge < -0.3 is 15.0 Å². The zero-order valence-corrected chi connectivity index (χ0v) is 14.1. The summed E-state index contributed by atoms with van der Waals surface area (Å²) in [6.45, 7) is 3.12. The number of fused-ring (bicyclic) bond motifs is 1. The molecule has 7 heteroatoms. The highest BCUT2D eigenvalue weighted by atomic mass is 79.9. The second kappa shape index (κ2) is 5.69. The van der Waals surface area contributed by atoms with Crippen LogP contribution in [0.2, 0.25) is 5.02 Å². The Labute approximate surface area is 135 Å². The normalized spacial score (nSPS) is 11.5. The SMILES string of the molecule is COC(=O)C(C)(C)NC(=O)c1[nH]c2ccc(Br)cc2c1Cl. The summed E-state index contributed by atoms with van der Waals surface area (Å²) in [4.78, 5) is 26.9. The van der Waals surface area contributed by atoms with Crippen LogP contribution in [-0.4, -0.2) is 29.5 Å². The highest BCUT2D eigenvalue weighted by Gasteiger charge is 2.32. The summed E-state index contributed by atoms with van der Waals surface area (Å²) in [5, 5.41) is 3.64. The number of carbonyl (C=O) groups excluding carboxylic acids is 2. The second-order valence-corrected chi connectivity index (χ2v) is 6.37. The third-order valence-electron chi connectivity index (χ3n) is 3.05. The summed E-state index contributed by atoms with van der Waals surface area (Å²) in [6.07, 6.45) is 0. The first kappa shape index (κ1) is 15.9. The van der Waals surface area contributed by atoms with Crippen molar-refractivity contribution < 1.29 is 14.3 Å². The number of aromatic nitrogens is 1. The van der Waals surface area contributed by atoms with Crippen LogP contribution < -0.4 is 5.32 Å². The quantitative estimate of drug-likeness (QED) is 0.811. The number of carbonyl (C=O) groups is 2. The number of rotatable bonds is 3. The van der Waals surface area contributed by atoms with Crippen LogP contribution in [0.1, 0.15) is 24.3 Å². The maximum absolute atomic E-state index is 12.3. The third kappa shape index (κ3) is 3.06. The molecule has 0 spiro atoms. The first-order valence-corrected chi connectivity index (χ1v) is 7.31. The van der Waals surface area contributed by atoms with Crippen molar-refractivity contribution in [2.75, 3.05) is 7.11 Å². The van der Waals surface area contributed by atoms with Gasteiger partial charge in [-0.2, -0.15) is 0 Å². The minimum Gasteiger partial charge on any atom is -0.467 e. The number of benzene rings is 1. The van der Waals surface area contributed by atoms with E-state index >= 15 is 0 Å². The highest BCUT2D eigenvalue weighted by molar-refractivity contribution is 9.10. The lowest BCUT2D eigenvalue weighted by atomic mass is 10.1. The molecule has 2 N–H and O–H groups in total. The predicted molar refractivity (Wildman–Crippen MR) is 84.6 cm³/mol. The molecule has 0 aliphatic carbocycles. The van der Waals surface area contributed by atoms with Crippen LogP contribution in [0.3, 0.4) is 0 Å². The minimum atomic E-state index is -1.15. The number of aromatic amines is 1. The van der Waals surface area contributed by atoms with E-state index in [4.69, 9.17) is 11.6 Å². The molecule has 1 aromatic carbocycles. The predicted octanol–water partition coefficient (Wildman–Crippen LogP) is 3.27. The Kier molecular flexibility index (Phi) is 4.30.